The lowest BCUT2D eigenvalue weighted by Crippen LogP contribution is -1.93. The first-order valence-electron chi connectivity index (χ1n) is 15.0. The predicted molar refractivity (Wildman–Crippen MR) is 193 cm³/mol. The monoisotopic (exact) mass is 609 g/mol. The molecule has 4 heterocycles. The molecule has 3 nitrogen and oxygen atoms in total. The Bertz CT molecular complexity index is 2750. The van der Waals surface area contributed by atoms with Gasteiger partial charge in [0.15, 0.2) is 5.82 Å². The Morgan fingerprint density at radius 1 is 0.467 bits per heavy atom. The molecule has 4 aromatic heterocycles. The van der Waals surface area contributed by atoms with E-state index in [2.05, 4.69) is 144 Å². The van der Waals surface area contributed by atoms with E-state index in [1.165, 1.54) is 57.8 Å². The molecule has 45 heavy (non-hydrogen) atoms. The van der Waals surface area contributed by atoms with Gasteiger partial charge in [-0.15, -0.1) is 22.7 Å². The number of hydrogen-bond acceptors (Lipinski definition) is 4. The van der Waals surface area contributed by atoms with Gasteiger partial charge in [-0.2, -0.15) is 0 Å². The second kappa shape index (κ2) is 9.57. The highest BCUT2D eigenvalue weighted by atomic mass is 32.1. The molecule has 210 valence electrons. The van der Waals surface area contributed by atoms with Crippen LogP contribution in [0.3, 0.4) is 0 Å². The van der Waals surface area contributed by atoms with Gasteiger partial charge in [-0.1, -0.05) is 103 Å². The number of thiophene rings is 2. The molecule has 0 aliphatic heterocycles. The minimum absolute atomic E-state index is 0.769. The van der Waals surface area contributed by atoms with Crippen LogP contribution in [0.15, 0.2) is 140 Å². The first-order chi connectivity index (χ1) is 22.3. The van der Waals surface area contributed by atoms with E-state index in [0.717, 1.165) is 32.9 Å². The van der Waals surface area contributed by atoms with E-state index in [1.807, 2.05) is 11.3 Å². The van der Waals surface area contributed by atoms with Gasteiger partial charge in [-0.25, -0.2) is 9.97 Å². The van der Waals surface area contributed by atoms with Crippen LogP contribution in [0.2, 0.25) is 0 Å². The number of hydrogen-bond donors (Lipinski definition) is 0. The minimum Gasteiger partial charge on any atom is -0.309 e. The van der Waals surface area contributed by atoms with Crippen molar-refractivity contribution in [1.82, 2.24) is 14.5 Å². The zero-order chi connectivity index (χ0) is 29.5. The van der Waals surface area contributed by atoms with Gasteiger partial charge >= 0.3 is 0 Å². The number of benzene rings is 6. The number of para-hydroxylation sites is 2. The first-order valence-corrected chi connectivity index (χ1v) is 16.6. The summed E-state index contributed by atoms with van der Waals surface area (Å²) in [4.78, 5) is 10.6. The molecule has 10 aromatic rings. The third-order valence-corrected chi connectivity index (χ3v) is 11.3. The van der Waals surface area contributed by atoms with Crippen molar-refractivity contribution >= 4 is 85.0 Å². The molecule has 0 amide bonds. The van der Waals surface area contributed by atoms with Crippen LogP contribution < -0.4 is 0 Å². The molecule has 0 atom stereocenters. The van der Waals surface area contributed by atoms with Gasteiger partial charge in [0.1, 0.15) is 0 Å². The second-order valence-corrected chi connectivity index (χ2v) is 13.4. The lowest BCUT2D eigenvalue weighted by atomic mass is 10.1. The van der Waals surface area contributed by atoms with Crippen molar-refractivity contribution in [1.29, 1.82) is 0 Å². The van der Waals surface area contributed by atoms with Crippen molar-refractivity contribution in [3.63, 3.8) is 0 Å². The molecule has 0 bridgehead atoms. The van der Waals surface area contributed by atoms with Crippen LogP contribution in [-0.4, -0.2) is 14.5 Å². The maximum Gasteiger partial charge on any atom is 0.161 e. The van der Waals surface area contributed by atoms with E-state index < -0.39 is 0 Å². The van der Waals surface area contributed by atoms with Crippen LogP contribution >= 0.6 is 22.7 Å². The third kappa shape index (κ3) is 3.62. The summed E-state index contributed by atoms with van der Waals surface area (Å²) >= 11 is 3.63. The molecular formula is C40H23N3S2. The molecule has 10 rings (SSSR count). The van der Waals surface area contributed by atoms with Crippen molar-refractivity contribution in [2.75, 3.05) is 0 Å². The first kappa shape index (κ1) is 25.0. The standard InChI is InChI=1S/C40H23N3S2/c1-3-12-24(13-4-1)35-39-36(29-17-8-10-21-33(29)44-39)42-40(41-35)30-19-11-18-26-27-22-23-32-34(38(27)45-37(26)30)28-16-7-9-20-31(28)43(32)25-14-5-2-6-15-25/h1-23H. The number of aromatic nitrogens is 3. The Kier molecular flexibility index (Phi) is 5.32. The van der Waals surface area contributed by atoms with Crippen molar-refractivity contribution in [2.45, 2.75) is 0 Å². The highest BCUT2D eigenvalue weighted by Gasteiger charge is 2.21. The Morgan fingerprint density at radius 2 is 1.18 bits per heavy atom. The Balaban J connectivity index is 1.30. The molecule has 0 fully saturated rings. The maximum atomic E-state index is 5.31. The molecule has 0 aliphatic rings. The average molecular weight is 610 g/mol. The van der Waals surface area contributed by atoms with Gasteiger partial charge in [0.05, 0.1) is 26.9 Å². The Morgan fingerprint density at radius 3 is 2.04 bits per heavy atom. The topological polar surface area (TPSA) is 30.7 Å². The summed E-state index contributed by atoms with van der Waals surface area (Å²) in [7, 11) is 0. The minimum atomic E-state index is 0.769. The lowest BCUT2D eigenvalue weighted by Gasteiger charge is -2.08. The Labute approximate surface area is 266 Å². The highest BCUT2D eigenvalue weighted by molar-refractivity contribution is 7.27. The van der Waals surface area contributed by atoms with E-state index in [9.17, 15) is 0 Å². The molecule has 0 spiro atoms. The SMILES string of the molecule is c1ccc(-c2nc(-c3cccc4c3sc3c4ccc4c3c3ccccc3n4-c3ccccc3)nc3c2sc2ccccc23)cc1. The fourth-order valence-electron chi connectivity index (χ4n) is 6.84. The van der Waals surface area contributed by atoms with Gasteiger partial charge in [0, 0.05) is 57.8 Å². The van der Waals surface area contributed by atoms with Crippen LogP contribution in [0.1, 0.15) is 0 Å². The van der Waals surface area contributed by atoms with Crippen LogP contribution in [0.5, 0.6) is 0 Å². The largest absolute Gasteiger partial charge is 0.309 e. The summed E-state index contributed by atoms with van der Waals surface area (Å²) in [5.74, 6) is 0.769. The summed E-state index contributed by atoms with van der Waals surface area (Å²) < 4.78 is 7.26. The molecule has 0 radical (unpaired) electrons. The molecule has 6 aromatic carbocycles. The quantitative estimate of drug-likeness (QED) is 0.199. The van der Waals surface area contributed by atoms with Crippen LogP contribution in [-0.2, 0) is 0 Å². The molecule has 5 heteroatoms. The van der Waals surface area contributed by atoms with E-state index in [0.29, 0.717) is 0 Å². The van der Waals surface area contributed by atoms with E-state index >= 15 is 0 Å². The van der Waals surface area contributed by atoms with Gasteiger partial charge in [-0.05, 0) is 36.4 Å². The van der Waals surface area contributed by atoms with Crippen molar-refractivity contribution in [3.05, 3.63) is 140 Å². The van der Waals surface area contributed by atoms with E-state index in [-0.39, 0.29) is 0 Å². The summed E-state index contributed by atoms with van der Waals surface area (Å²) in [6, 6.07) is 49.7. The van der Waals surface area contributed by atoms with E-state index in [4.69, 9.17) is 9.97 Å². The van der Waals surface area contributed by atoms with Crippen molar-refractivity contribution < 1.29 is 0 Å². The molecule has 0 N–H and O–H groups in total. The summed E-state index contributed by atoms with van der Waals surface area (Å²) in [6.45, 7) is 0. The summed E-state index contributed by atoms with van der Waals surface area (Å²) in [5, 5.41) is 6.25. The molecule has 0 saturated heterocycles. The second-order valence-electron chi connectivity index (χ2n) is 11.3. The van der Waals surface area contributed by atoms with E-state index in [1.54, 1.807) is 11.3 Å². The predicted octanol–water partition coefficient (Wildman–Crippen LogP) is 11.6. The molecule has 0 aliphatic carbocycles. The zero-order valence-corrected chi connectivity index (χ0v) is 25.6. The molecular weight excluding hydrogens is 587 g/mol. The van der Waals surface area contributed by atoms with Crippen molar-refractivity contribution in [3.8, 4) is 28.3 Å². The van der Waals surface area contributed by atoms with Crippen LogP contribution in [0.25, 0.3) is 90.6 Å². The zero-order valence-electron chi connectivity index (χ0n) is 23.9. The average Bonchev–Trinajstić information content (AvgIpc) is 3.78. The number of nitrogens with zero attached hydrogens (tertiary/aromatic N) is 3. The van der Waals surface area contributed by atoms with Crippen LogP contribution in [0.4, 0.5) is 0 Å². The fourth-order valence-corrected chi connectivity index (χ4v) is 9.36. The Hall–Kier alpha value is -5.36. The molecule has 0 saturated carbocycles. The smallest absolute Gasteiger partial charge is 0.161 e. The lowest BCUT2D eigenvalue weighted by molar-refractivity contribution is 1.18. The highest BCUT2D eigenvalue weighted by Crippen LogP contribution is 2.46. The van der Waals surface area contributed by atoms with Gasteiger partial charge < -0.3 is 4.57 Å². The fraction of sp³-hybridized carbons (Fsp3) is 0. The normalized spacial score (nSPS) is 12.0. The van der Waals surface area contributed by atoms with Gasteiger partial charge in [0.25, 0.3) is 0 Å². The van der Waals surface area contributed by atoms with Crippen molar-refractivity contribution in [2.24, 2.45) is 0 Å². The van der Waals surface area contributed by atoms with Gasteiger partial charge in [0.2, 0.25) is 0 Å². The molecule has 0 unspecified atom stereocenters. The summed E-state index contributed by atoms with van der Waals surface area (Å²) in [5.41, 5.74) is 7.79. The number of fused-ring (bicyclic) bond motifs is 10. The van der Waals surface area contributed by atoms with Gasteiger partial charge in [-0.3, -0.25) is 0 Å². The third-order valence-electron chi connectivity index (χ3n) is 8.82. The summed E-state index contributed by atoms with van der Waals surface area (Å²) in [6.07, 6.45) is 0. The number of rotatable bonds is 3. The maximum absolute atomic E-state index is 5.31. The van der Waals surface area contributed by atoms with Crippen LogP contribution in [0, 0.1) is 0 Å².